The van der Waals surface area contributed by atoms with Crippen molar-refractivity contribution in [2.24, 2.45) is 0 Å². The lowest BCUT2D eigenvalue weighted by Crippen LogP contribution is -2.57. The average Bonchev–Trinajstić information content (AvgIpc) is 2.54. The van der Waals surface area contributed by atoms with Crippen LogP contribution in [0.15, 0.2) is 66.7 Å². The highest BCUT2D eigenvalue weighted by molar-refractivity contribution is 6.98. The summed E-state index contributed by atoms with van der Waals surface area (Å²) in [5, 5.41) is 0. The molecule has 0 aliphatic carbocycles. The Hall–Kier alpha value is -2.68. The maximum Gasteiger partial charge on any atom is 0.260 e. The smallest absolute Gasteiger partial charge is 0.260 e. The minimum absolute atomic E-state index is 0.186. The van der Waals surface area contributed by atoms with E-state index in [1.54, 1.807) is 0 Å². The molecular formula is C18H11BO2. The Balaban J connectivity index is 1.88. The minimum Gasteiger partial charge on any atom is -0.458 e. The highest BCUT2D eigenvalue weighted by Crippen LogP contribution is 2.33. The normalized spacial score (nSPS) is 13.4. The molecule has 0 bridgehead atoms. The molecule has 3 heteroatoms. The topological polar surface area (TPSA) is 18.5 Å². The van der Waals surface area contributed by atoms with Crippen LogP contribution in [0.1, 0.15) is 0 Å². The molecule has 0 aromatic heterocycles. The van der Waals surface area contributed by atoms with Crippen LogP contribution >= 0.6 is 0 Å². The molecule has 5 rings (SSSR count). The molecule has 2 aliphatic rings. The minimum atomic E-state index is 0.186. The first-order valence-corrected chi connectivity index (χ1v) is 7.08. The van der Waals surface area contributed by atoms with E-state index in [4.69, 9.17) is 9.47 Å². The summed E-state index contributed by atoms with van der Waals surface area (Å²) < 4.78 is 12.1. The van der Waals surface area contributed by atoms with E-state index in [0.29, 0.717) is 0 Å². The zero-order chi connectivity index (χ0) is 13.8. The zero-order valence-electron chi connectivity index (χ0n) is 11.2. The largest absolute Gasteiger partial charge is 0.458 e. The van der Waals surface area contributed by atoms with Crippen molar-refractivity contribution >= 4 is 23.1 Å². The van der Waals surface area contributed by atoms with Gasteiger partial charge in [0.2, 0.25) is 0 Å². The van der Waals surface area contributed by atoms with E-state index in [1.165, 1.54) is 10.9 Å². The van der Waals surface area contributed by atoms with Crippen LogP contribution in [0.5, 0.6) is 23.0 Å². The molecule has 2 heterocycles. The van der Waals surface area contributed by atoms with Crippen LogP contribution in [-0.2, 0) is 0 Å². The van der Waals surface area contributed by atoms with Gasteiger partial charge in [0.05, 0.1) is 0 Å². The Bertz CT molecular complexity index is 805. The Kier molecular flexibility index (Phi) is 2.06. The van der Waals surface area contributed by atoms with Crippen LogP contribution in [0, 0.1) is 0 Å². The van der Waals surface area contributed by atoms with Gasteiger partial charge in [0, 0.05) is 5.46 Å². The van der Waals surface area contributed by atoms with E-state index < -0.39 is 0 Å². The molecule has 0 fully saturated rings. The molecule has 0 saturated heterocycles. The van der Waals surface area contributed by atoms with Gasteiger partial charge in [-0.1, -0.05) is 42.5 Å². The summed E-state index contributed by atoms with van der Waals surface area (Å²) in [6.45, 7) is 0.186. The second kappa shape index (κ2) is 3.92. The fourth-order valence-electron chi connectivity index (χ4n) is 3.33. The number of rotatable bonds is 0. The van der Waals surface area contributed by atoms with E-state index in [0.717, 1.165) is 28.5 Å². The Morgan fingerprint density at radius 1 is 0.524 bits per heavy atom. The maximum atomic E-state index is 6.06. The first-order chi connectivity index (χ1) is 10.4. The van der Waals surface area contributed by atoms with Gasteiger partial charge in [-0.25, -0.2) is 0 Å². The highest BCUT2D eigenvalue weighted by Gasteiger charge is 2.39. The van der Waals surface area contributed by atoms with Crippen LogP contribution in [0.3, 0.4) is 0 Å². The SMILES string of the molecule is c1ccc2c(c1)Oc1cccc3c1B2c1ccccc1O3. The highest BCUT2D eigenvalue weighted by atomic mass is 16.5. The molecule has 0 atom stereocenters. The molecule has 0 N–H and O–H groups in total. The van der Waals surface area contributed by atoms with E-state index in [1.807, 2.05) is 42.5 Å². The van der Waals surface area contributed by atoms with Crippen molar-refractivity contribution in [3.63, 3.8) is 0 Å². The first-order valence-electron chi connectivity index (χ1n) is 7.08. The summed E-state index contributed by atoms with van der Waals surface area (Å²) >= 11 is 0. The number of para-hydroxylation sites is 2. The Morgan fingerprint density at radius 3 is 1.57 bits per heavy atom. The lowest BCUT2D eigenvalue weighted by molar-refractivity contribution is 0.464. The molecule has 0 saturated carbocycles. The van der Waals surface area contributed by atoms with Crippen LogP contribution in [-0.4, -0.2) is 6.71 Å². The number of fused-ring (bicyclic) bond motifs is 4. The lowest BCUT2D eigenvalue weighted by atomic mass is 9.35. The van der Waals surface area contributed by atoms with Gasteiger partial charge in [0.15, 0.2) is 0 Å². The number of ether oxygens (including phenoxy) is 2. The van der Waals surface area contributed by atoms with Gasteiger partial charge >= 0.3 is 0 Å². The summed E-state index contributed by atoms with van der Waals surface area (Å²) in [6, 6.07) is 22.5. The predicted molar refractivity (Wildman–Crippen MR) is 84.1 cm³/mol. The van der Waals surface area contributed by atoms with Gasteiger partial charge in [0.25, 0.3) is 6.71 Å². The number of benzene rings is 3. The molecule has 3 aromatic rings. The Labute approximate surface area is 123 Å². The summed E-state index contributed by atoms with van der Waals surface area (Å²) in [5.74, 6) is 3.66. The maximum absolute atomic E-state index is 6.06. The Morgan fingerprint density at radius 2 is 1.00 bits per heavy atom. The van der Waals surface area contributed by atoms with E-state index in [-0.39, 0.29) is 6.71 Å². The van der Waals surface area contributed by atoms with Crippen molar-refractivity contribution in [3.8, 4) is 23.0 Å². The van der Waals surface area contributed by atoms with Crippen LogP contribution in [0.2, 0.25) is 0 Å². The second-order valence-electron chi connectivity index (χ2n) is 5.38. The third kappa shape index (κ3) is 1.43. The molecule has 21 heavy (non-hydrogen) atoms. The molecule has 2 nitrogen and oxygen atoms in total. The fourth-order valence-corrected chi connectivity index (χ4v) is 3.33. The van der Waals surface area contributed by atoms with E-state index in [9.17, 15) is 0 Å². The third-order valence-electron chi connectivity index (χ3n) is 4.21. The van der Waals surface area contributed by atoms with Gasteiger partial charge in [-0.05, 0) is 35.2 Å². The van der Waals surface area contributed by atoms with Crippen molar-refractivity contribution in [2.45, 2.75) is 0 Å². The summed E-state index contributed by atoms with van der Waals surface area (Å²) in [5.41, 5.74) is 3.54. The van der Waals surface area contributed by atoms with Gasteiger partial charge in [0.1, 0.15) is 23.0 Å². The molecular weight excluding hydrogens is 259 g/mol. The molecule has 2 aliphatic heterocycles. The zero-order valence-corrected chi connectivity index (χ0v) is 11.2. The average molecular weight is 270 g/mol. The summed E-state index contributed by atoms with van der Waals surface area (Å²) in [6.07, 6.45) is 0. The van der Waals surface area contributed by atoms with Crippen molar-refractivity contribution in [1.82, 2.24) is 0 Å². The van der Waals surface area contributed by atoms with Crippen molar-refractivity contribution in [2.75, 3.05) is 0 Å². The molecule has 3 aromatic carbocycles. The molecule has 0 spiro atoms. The van der Waals surface area contributed by atoms with Gasteiger partial charge < -0.3 is 9.47 Å². The van der Waals surface area contributed by atoms with E-state index >= 15 is 0 Å². The molecule has 0 radical (unpaired) electrons. The van der Waals surface area contributed by atoms with Gasteiger partial charge in [-0.15, -0.1) is 0 Å². The van der Waals surface area contributed by atoms with E-state index in [2.05, 4.69) is 24.3 Å². The van der Waals surface area contributed by atoms with Gasteiger partial charge in [-0.2, -0.15) is 0 Å². The molecule has 0 unspecified atom stereocenters. The van der Waals surface area contributed by atoms with Crippen molar-refractivity contribution < 1.29 is 9.47 Å². The van der Waals surface area contributed by atoms with Crippen LogP contribution in [0.4, 0.5) is 0 Å². The fraction of sp³-hybridized carbons (Fsp3) is 0. The van der Waals surface area contributed by atoms with Gasteiger partial charge in [-0.3, -0.25) is 0 Å². The lowest BCUT2D eigenvalue weighted by Gasteiger charge is -2.32. The predicted octanol–water partition coefficient (Wildman–Crippen LogP) is 2.41. The van der Waals surface area contributed by atoms with Crippen molar-refractivity contribution in [3.05, 3.63) is 66.7 Å². The quantitative estimate of drug-likeness (QED) is 0.402. The number of hydrogen-bond donors (Lipinski definition) is 0. The van der Waals surface area contributed by atoms with Crippen molar-refractivity contribution in [1.29, 1.82) is 0 Å². The standard InChI is InChI=1S/C18H11BO2/c1-3-8-14-12(6-1)19-13-7-2-4-9-15(13)21-17-11-5-10-16(20-14)18(17)19/h1-11H. The third-order valence-corrected chi connectivity index (χ3v) is 4.21. The monoisotopic (exact) mass is 270 g/mol. The molecule has 0 amide bonds. The van der Waals surface area contributed by atoms with Crippen LogP contribution < -0.4 is 25.9 Å². The first kappa shape index (κ1) is 11.0. The summed E-state index contributed by atoms with van der Waals surface area (Å²) in [4.78, 5) is 0. The van der Waals surface area contributed by atoms with Crippen LogP contribution in [0.25, 0.3) is 0 Å². The molecule has 98 valence electrons. The summed E-state index contributed by atoms with van der Waals surface area (Å²) in [7, 11) is 0. The number of hydrogen-bond acceptors (Lipinski definition) is 2. The second-order valence-corrected chi connectivity index (χ2v) is 5.38.